The number of hydrogen-bond acceptors (Lipinski definition) is 10. The number of rotatable bonds is 56. The Balaban J connectivity index is 2.54. The Morgan fingerprint density at radius 3 is 1.32 bits per heavy atom. The highest BCUT2D eigenvalue weighted by atomic mass is 16.7. The largest absolute Gasteiger partial charge is 0.454 e. The summed E-state index contributed by atoms with van der Waals surface area (Å²) in [5.74, 6) is -1.26. The summed E-state index contributed by atoms with van der Waals surface area (Å²) in [5.41, 5.74) is 0. The van der Waals surface area contributed by atoms with Crippen LogP contribution in [-0.4, -0.2) is 99.6 Å². The van der Waals surface area contributed by atoms with Crippen molar-refractivity contribution in [3.8, 4) is 0 Å². The van der Waals surface area contributed by atoms with E-state index in [1.54, 1.807) is 12.2 Å². The second-order valence-electron chi connectivity index (χ2n) is 22.9. The van der Waals surface area contributed by atoms with Crippen LogP contribution < -0.4 is 5.32 Å². The fraction of sp³-hybridized carbons (Fsp3) is 0.824. The van der Waals surface area contributed by atoms with Crippen molar-refractivity contribution in [2.45, 2.75) is 346 Å². The highest BCUT2D eigenvalue weighted by Crippen LogP contribution is 2.26. The number of aliphatic hydroxyl groups is 5. The van der Waals surface area contributed by atoms with Crippen LogP contribution in [-0.2, 0) is 23.8 Å². The molecule has 0 radical (unpaired) electrons. The molecule has 0 aliphatic carbocycles. The topological polar surface area (TPSA) is 175 Å². The minimum absolute atomic E-state index is 0.0824. The summed E-state index contributed by atoms with van der Waals surface area (Å²) in [6.45, 7) is 5.72. The molecule has 1 fully saturated rings. The van der Waals surface area contributed by atoms with E-state index in [9.17, 15) is 35.1 Å². The average Bonchev–Trinajstić information content (AvgIpc) is 3.47. The van der Waals surface area contributed by atoms with Gasteiger partial charge in [0.1, 0.15) is 24.4 Å². The molecule has 1 aliphatic rings. The molecule has 0 aromatic rings. The van der Waals surface area contributed by atoms with Gasteiger partial charge >= 0.3 is 5.97 Å². The lowest BCUT2D eigenvalue weighted by molar-refractivity contribution is -0.305. The number of amides is 1. The van der Waals surface area contributed by atoms with E-state index in [-0.39, 0.29) is 19.4 Å². The van der Waals surface area contributed by atoms with Gasteiger partial charge in [-0.25, -0.2) is 0 Å². The Labute approximate surface area is 484 Å². The standard InChI is InChI=1S/C68H123NO10/c1-4-7-10-13-16-19-22-24-25-26-27-28-29-30-31-32-33-34-35-36-37-38-41-44-47-50-53-56-63(73)79-66-65(75)64(74)62(57-70)78-68(66)77-58-59(60(71)54-51-48-45-42-39-21-18-15-12-9-6-3)69-67(76)61(72)55-52-49-46-43-40-23-20-17-14-11-8-5-2/h16,19,24-25,40,43,49,51-52,54,59-62,64-66,68,70-72,74-75H,4-15,17-18,20-23,26-39,41-42,44-48,50,53,55-58H2,1-3H3,(H,69,76)/b19-16-,25-24-,43-40-,52-49+,54-51+. The Bertz CT molecular complexity index is 1510. The van der Waals surface area contributed by atoms with Crippen LogP contribution in [0.1, 0.15) is 297 Å². The van der Waals surface area contributed by atoms with E-state index < -0.39 is 67.4 Å². The van der Waals surface area contributed by atoms with Crippen LogP contribution in [0.5, 0.6) is 0 Å². The van der Waals surface area contributed by atoms with Gasteiger partial charge < -0.3 is 45.1 Å². The predicted octanol–water partition coefficient (Wildman–Crippen LogP) is 16.2. The van der Waals surface area contributed by atoms with Crippen LogP contribution in [0.4, 0.5) is 0 Å². The first-order valence-electron chi connectivity index (χ1n) is 33.1. The van der Waals surface area contributed by atoms with Gasteiger partial charge in [-0.05, 0) is 70.6 Å². The summed E-state index contributed by atoms with van der Waals surface area (Å²) < 4.78 is 17.6. The SMILES string of the molecule is CCCCC/C=C\C/C=C\CCCCCCCCCCCCCCCCCCCC(=O)OC1C(OCC(NC(=O)C(O)C/C=C/C/C=C\CCCCCCCC)C(O)/C=C/CCCCCCCCCCC)OC(CO)C(O)C1O. The van der Waals surface area contributed by atoms with Crippen molar-refractivity contribution in [1.29, 1.82) is 0 Å². The summed E-state index contributed by atoms with van der Waals surface area (Å²) in [5, 5.41) is 56.8. The van der Waals surface area contributed by atoms with Gasteiger partial charge in [0.25, 0.3) is 0 Å². The van der Waals surface area contributed by atoms with E-state index in [0.29, 0.717) is 12.8 Å². The zero-order valence-corrected chi connectivity index (χ0v) is 51.0. The molecule has 11 nitrogen and oxygen atoms in total. The van der Waals surface area contributed by atoms with Crippen molar-refractivity contribution in [3.05, 3.63) is 60.8 Å². The number of ether oxygens (including phenoxy) is 3. The van der Waals surface area contributed by atoms with Crippen LogP contribution in [0.2, 0.25) is 0 Å². The molecular formula is C68H123NO10. The molecule has 79 heavy (non-hydrogen) atoms. The number of allylic oxidation sites excluding steroid dienone is 8. The first kappa shape index (κ1) is 74.4. The molecule has 1 heterocycles. The van der Waals surface area contributed by atoms with Gasteiger partial charge in [-0.15, -0.1) is 0 Å². The number of hydrogen-bond donors (Lipinski definition) is 6. The summed E-state index contributed by atoms with van der Waals surface area (Å²) in [6.07, 6.45) is 60.2. The van der Waals surface area contributed by atoms with E-state index in [2.05, 4.69) is 62.5 Å². The monoisotopic (exact) mass is 1110 g/mol. The number of carbonyl (C=O) groups excluding carboxylic acids is 2. The molecule has 6 N–H and O–H groups in total. The maximum absolute atomic E-state index is 13.3. The fourth-order valence-electron chi connectivity index (χ4n) is 10.1. The van der Waals surface area contributed by atoms with Gasteiger partial charge in [0.2, 0.25) is 5.91 Å². The molecule has 1 rings (SSSR count). The van der Waals surface area contributed by atoms with E-state index in [4.69, 9.17) is 14.2 Å². The molecule has 8 atom stereocenters. The molecule has 0 aromatic carbocycles. The summed E-state index contributed by atoms with van der Waals surface area (Å²) in [7, 11) is 0. The molecule has 0 spiro atoms. The van der Waals surface area contributed by atoms with Crippen molar-refractivity contribution < 1.29 is 49.3 Å². The van der Waals surface area contributed by atoms with E-state index >= 15 is 0 Å². The van der Waals surface area contributed by atoms with Crippen LogP contribution in [0.3, 0.4) is 0 Å². The lowest BCUT2D eigenvalue weighted by atomic mass is 9.99. The van der Waals surface area contributed by atoms with Crippen LogP contribution in [0, 0.1) is 0 Å². The molecule has 11 heteroatoms. The van der Waals surface area contributed by atoms with Gasteiger partial charge in [-0.3, -0.25) is 9.59 Å². The van der Waals surface area contributed by atoms with Gasteiger partial charge in [0.15, 0.2) is 12.4 Å². The zero-order chi connectivity index (χ0) is 57.5. The van der Waals surface area contributed by atoms with Gasteiger partial charge in [0.05, 0.1) is 25.4 Å². The highest BCUT2D eigenvalue weighted by Gasteiger charge is 2.47. The molecule has 0 saturated carbocycles. The molecule has 460 valence electrons. The smallest absolute Gasteiger partial charge is 0.306 e. The maximum Gasteiger partial charge on any atom is 0.306 e. The van der Waals surface area contributed by atoms with Crippen molar-refractivity contribution in [2.75, 3.05) is 13.2 Å². The van der Waals surface area contributed by atoms with Crippen LogP contribution in [0.15, 0.2) is 60.8 Å². The van der Waals surface area contributed by atoms with E-state index in [0.717, 1.165) is 57.8 Å². The minimum Gasteiger partial charge on any atom is -0.454 e. The first-order valence-corrected chi connectivity index (χ1v) is 33.1. The van der Waals surface area contributed by atoms with Crippen molar-refractivity contribution >= 4 is 11.9 Å². The van der Waals surface area contributed by atoms with Crippen LogP contribution in [0.25, 0.3) is 0 Å². The summed E-state index contributed by atoms with van der Waals surface area (Å²) >= 11 is 0. The van der Waals surface area contributed by atoms with Gasteiger partial charge in [-0.2, -0.15) is 0 Å². The lowest BCUT2D eigenvalue weighted by Crippen LogP contribution is -2.61. The number of carbonyl (C=O) groups is 2. The predicted molar refractivity (Wildman–Crippen MR) is 329 cm³/mol. The Kier molecular flexibility index (Phi) is 52.6. The van der Waals surface area contributed by atoms with Crippen molar-refractivity contribution in [3.63, 3.8) is 0 Å². The summed E-state index contributed by atoms with van der Waals surface area (Å²) in [4.78, 5) is 26.5. The third kappa shape index (κ3) is 43.7. The molecule has 1 amide bonds. The molecule has 1 aliphatic heterocycles. The first-order chi connectivity index (χ1) is 38.7. The molecule has 0 aromatic heterocycles. The number of esters is 1. The fourth-order valence-corrected chi connectivity index (χ4v) is 10.1. The second kappa shape index (κ2) is 55.9. The Morgan fingerprint density at radius 2 is 0.873 bits per heavy atom. The van der Waals surface area contributed by atoms with Gasteiger partial charge in [0, 0.05) is 12.8 Å². The Hall–Kier alpha value is -2.64. The molecule has 1 saturated heterocycles. The zero-order valence-electron chi connectivity index (χ0n) is 51.0. The number of unbranched alkanes of at least 4 members (excludes halogenated alkanes) is 35. The third-order valence-corrected chi connectivity index (χ3v) is 15.4. The molecule has 8 unspecified atom stereocenters. The average molecular weight is 1110 g/mol. The van der Waals surface area contributed by atoms with Crippen molar-refractivity contribution in [1.82, 2.24) is 5.32 Å². The number of nitrogens with one attached hydrogen (secondary N) is 1. The minimum atomic E-state index is -1.62. The molecular weight excluding hydrogens is 991 g/mol. The Morgan fingerprint density at radius 1 is 0.494 bits per heavy atom. The highest BCUT2D eigenvalue weighted by molar-refractivity contribution is 5.81. The van der Waals surface area contributed by atoms with Gasteiger partial charge in [-0.1, -0.05) is 274 Å². The van der Waals surface area contributed by atoms with Crippen molar-refractivity contribution in [2.24, 2.45) is 0 Å². The normalized spacial score (nSPS) is 19.2. The van der Waals surface area contributed by atoms with E-state index in [1.807, 2.05) is 12.2 Å². The quantitative estimate of drug-likeness (QED) is 0.0195. The maximum atomic E-state index is 13.3. The van der Waals surface area contributed by atoms with Crippen LogP contribution >= 0.6 is 0 Å². The second-order valence-corrected chi connectivity index (χ2v) is 22.9. The molecule has 0 bridgehead atoms. The number of aliphatic hydroxyl groups excluding tert-OH is 5. The lowest BCUT2D eigenvalue weighted by Gasteiger charge is -2.41. The summed E-state index contributed by atoms with van der Waals surface area (Å²) in [6, 6.07) is -1.05. The third-order valence-electron chi connectivity index (χ3n) is 15.4. The van der Waals surface area contributed by atoms with E-state index in [1.165, 1.54) is 193 Å².